The predicted octanol–water partition coefficient (Wildman–Crippen LogP) is 1.46. The van der Waals surface area contributed by atoms with Crippen molar-refractivity contribution in [3.8, 4) is 12.3 Å². The fourth-order valence-corrected chi connectivity index (χ4v) is 1.57. The van der Waals surface area contributed by atoms with Gasteiger partial charge in [-0.05, 0) is 6.07 Å². The van der Waals surface area contributed by atoms with Crippen molar-refractivity contribution in [3.05, 3.63) is 29.6 Å². The molecule has 0 spiro atoms. The lowest BCUT2D eigenvalue weighted by Crippen LogP contribution is -2.27. The van der Waals surface area contributed by atoms with Gasteiger partial charge in [-0.15, -0.1) is 18.2 Å². The molecule has 0 saturated carbocycles. The Morgan fingerprint density at radius 3 is 3.06 bits per heavy atom. The van der Waals surface area contributed by atoms with Crippen LogP contribution < -0.4 is 5.32 Å². The molecule has 3 nitrogen and oxygen atoms in total. The van der Waals surface area contributed by atoms with Crippen LogP contribution in [0.5, 0.6) is 0 Å². The van der Waals surface area contributed by atoms with Crippen LogP contribution in [0.25, 0.3) is 0 Å². The van der Waals surface area contributed by atoms with E-state index in [2.05, 4.69) is 16.2 Å². The average Bonchev–Trinajstić information content (AvgIpc) is 2.32. The summed E-state index contributed by atoms with van der Waals surface area (Å²) in [6.07, 6.45) is 6.08. The van der Waals surface area contributed by atoms with E-state index in [4.69, 9.17) is 6.42 Å². The average molecular weight is 256 g/mol. The molecule has 0 fully saturated rings. The molecule has 17 heavy (non-hydrogen) atoms. The molecule has 1 aromatic heterocycles. The first-order chi connectivity index (χ1) is 8.16. The third-order valence-corrected chi connectivity index (χ3v) is 2.67. The van der Waals surface area contributed by atoms with Gasteiger partial charge in [0, 0.05) is 18.5 Å². The number of aromatic nitrogens is 1. The van der Waals surface area contributed by atoms with Crippen molar-refractivity contribution in [1.29, 1.82) is 0 Å². The van der Waals surface area contributed by atoms with Crippen LogP contribution in [-0.4, -0.2) is 28.9 Å². The summed E-state index contributed by atoms with van der Waals surface area (Å²) in [4.78, 5) is 14.5. The van der Waals surface area contributed by atoms with E-state index in [1.54, 1.807) is 0 Å². The van der Waals surface area contributed by atoms with Crippen LogP contribution in [0.15, 0.2) is 12.3 Å². The highest BCUT2D eigenvalue weighted by atomic mass is 32.2. The lowest BCUT2D eigenvalue weighted by Gasteiger charge is -2.05. The first-order valence-corrected chi connectivity index (χ1v) is 5.91. The smallest absolute Gasteiger partial charge is 0.254 e. The van der Waals surface area contributed by atoms with E-state index in [0.717, 1.165) is 12.3 Å². The van der Waals surface area contributed by atoms with Crippen LogP contribution in [0.2, 0.25) is 0 Å². The third-order valence-electron chi connectivity index (χ3n) is 1.81. The van der Waals surface area contributed by atoms with Gasteiger partial charge in [-0.1, -0.05) is 5.92 Å². The fraction of sp³-hybridized carbons (Fsp3) is 0.273. The normalized spacial score (nSPS) is 9.71. The van der Waals surface area contributed by atoms with Crippen molar-refractivity contribution >= 4 is 17.7 Å². The molecule has 1 amide bonds. The lowest BCUT2D eigenvalue weighted by molar-refractivity contribution is 0.0950. The highest BCUT2D eigenvalue weighted by Gasteiger charge is 2.15. The Hall–Kier alpha value is -1.61. The van der Waals surface area contributed by atoms with E-state index >= 15 is 0 Å². The minimum atomic E-state index is -1.28. The number of carbonyl (C=O) groups excluding carboxylic acids is 1. The molecule has 6 heteroatoms. The van der Waals surface area contributed by atoms with Gasteiger partial charge in [0.25, 0.3) is 5.91 Å². The molecule has 90 valence electrons. The molecule has 0 atom stereocenters. The number of thioether (sulfide) groups is 1. The Balaban J connectivity index is 2.48. The van der Waals surface area contributed by atoms with E-state index in [0.29, 0.717) is 18.1 Å². The molecule has 0 saturated heterocycles. The van der Waals surface area contributed by atoms with E-state index in [-0.39, 0.29) is 5.56 Å². The van der Waals surface area contributed by atoms with Crippen molar-refractivity contribution in [3.63, 3.8) is 0 Å². The number of nitrogens with zero attached hydrogens (tertiary/aromatic N) is 1. The predicted molar refractivity (Wildman–Crippen MR) is 62.6 cm³/mol. The van der Waals surface area contributed by atoms with Gasteiger partial charge in [0.05, 0.1) is 11.3 Å². The maximum atomic E-state index is 13.2. The summed E-state index contributed by atoms with van der Waals surface area (Å²) >= 11 is 1.47. The molecular weight excluding hydrogens is 246 g/mol. The van der Waals surface area contributed by atoms with E-state index in [1.165, 1.54) is 11.8 Å². The first kappa shape index (κ1) is 13.5. The van der Waals surface area contributed by atoms with Gasteiger partial charge in [-0.25, -0.2) is 9.37 Å². The van der Waals surface area contributed by atoms with Crippen LogP contribution in [0.3, 0.4) is 0 Å². The van der Waals surface area contributed by atoms with Crippen LogP contribution >= 0.6 is 11.8 Å². The Morgan fingerprint density at radius 1 is 1.59 bits per heavy atom. The molecule has 0 aliphatic rings. The standard InChI is InChI=1S/C11H10F2N2OS/c1-2-6-17-7-5-15-11(16)8-3-4-14-10(13)9(8)12/h1,3-4H,5-7H2,(H,15,16). The number of nitrogens with one attached hydrogen (secondary N) is 1. The number of terminal acetylenes is 1. The zero-order valence-electron chi connectivity index (χ0n) is 8.87. The summed E-state index contributed by atoms with van der Waals surface area (Å²) in [7, 11) is 0. The maximum Gasteiger partial charge on any atom is 0.254 e. The number of carbonyl (C=O) groups is 1. The molecule has 0 radical (unpaired) electrons. The Labute approximate surface area is 102 Å². The van der Waals surface area contributed by atoms with Crippen LogP contribution in [0.1, 0.15) is 10.4 Å². The number of rotatable bonds is 5. The van der Waals surface area contributed by atoms with Gasteiger partial charge < -0.3 is 5.32 Å². The second-order valence-electron chi connectivity index (χ2n) is 2.98. The Kier molecular flexibility index (Phi) is 5.43. The molecule has 0 bridgehead atoms. The van der Waals surface area contributed by atoms with Gasteiger partial charge in [0.2, 0.25) is 5.95 Å². The summed E-state index contributed by atoms with van der Waals surface area (Å²) in [6.45, 7) is 0.342. The van der Waals surface area contributed by atoms with Crippen LogP contribution in [0, 0.1) is 24.1 Å². The highest BCUT2D eigenvalue weighted by molar-refractivity contribution is 7.99. The summed E-state index contributed by atoms with van der Waals surface area (Å²) in [5.74, 6) is 0.427. The molecule has 1 aromatic rings. The summed E-state index contributed by atoms with van der Waals surface area (Å²) in [5, 5.41) is 2.46. The Morgan fingerprint density at radius 2 is 2.35 bits per heavy atom. The number of halogens is 2. The molecule has 0 unspecified atom stereocenters. The molecule has 0 aliphatic heterocycles. The van der Waals surface area contributed by atoms with Crippen molar-refractivity contribution < 1.29 is 13.6 Å². The summed E-state index contributed by atoms with van der Waals surface area (Å²) in [6, 6.07) is 1.13. The molecule has 0 aliphatic carbocycles. The van der Waals surface area contributed by atoms with Crippen molar-refractivity contribution in [2.45, 2.75) is 0 Å². The van der Waals surface area contributed by atoms with Crippen molar-refractivity contribution in [1.82, 2.24) is 10.3 Å². The topological polar surface area (TPSA) is 42.0 Å². The van der Waals surface area contributed by atoms with Crippen molar-refractivity contribution in [2.24, 2.45) is 0 Å². The minimum Gasteiger partial charge on any atom is -0.351 e. The van der Waals surface area contributed by atoms with Gasteiger partial charge in [0.15, 0.2) is 5.82 Å². The van der Waals surface area contributed by atoms with Gasteiger partial charge in [-0.2, -0.15) is 4.39 Å². The second kappa shape index (κ2) is 6.86. The van der Waals surface area contributed by atoms with E-state index in [1.807, 2.05) is 0 Å². The monoisotopic (exact) mass is 256 g/mol. The van der Waals surface area contributed by atoms with E-state index in [9.17, 15) is 13.6 Å². The first-order valence-electron chi connectivity index (χ1n) is 4.76. The number of hydrogen-bond acceptors (Lipinski definition) is 3. The zero-order valence-corrected chi connectivity index (χ0v) is 9.69. The van der Waals surface area contributed by atoms with Gasteiger partial charge >= 0.3 is 0 Å². The summed E-state index contributed by atoms with van der Waals surface area (Å²) < 4.78 is 25.9. The SMILES string of the molecule is C#CCSCCNC(=O)c1ccnc(F)c1F. The Bertz CT molecular complexity index is 446. The number of amides is 1. The molecule has 1 N–H and O–H groups in total. The third kappa shape index (κ3) is 4.04. The fourth-order valence-electron chi connectivity index (χ4n) is 1.06. The van der Waals surface area contributed by atoms with Gasteiger partial charge in [-0.3, -0.25) is 4.79 Å². The second-order valence-corrected chi connectivity index (χ2v) is 4.08. The lowest BCUT2D eigenvalue weighted by atomic mass is 10.2. The molecule has 0 aromatic carbocycles. The minimum absolute atomic E-state index is 0.342. The molecule has 1 heterocycles. The summed E-state index contributed by atoms with van der Waals surface area (Å²) in [5.41, 5.74) is -0.348. The molecular formula is C11H10F2N2OS. The quantitative estimate of drug-likeness (QED) is 0.492. The molecule has 1 rings (SSSR count). The number of pyridine rings is 1. The van der Waals surface area contributed by atoms with Gasteiger partial charge in [0.1, 0.15) is 0 Å². The highest BCUT2D eigenvalue weighted by Crippen LogP contribution is 2.08. The van der Waals surface area contributed by atoms with Crippen LogP contribution in [-0.2, 0) is 0 Å². The zero-order chi connectivity index (χ0) is 12.7. The van der Waals surface area contributed by atoms with Crippen LogP contribution in [0.4, 0.5) is 8.78 Å². The maximum absolute atomic E-state index is 13.2. The number of hydrogen-bond donors (Lipinski definition) is 1. The van der Waals surface area contributed by atoms with E-state index < -0.39 is 17.7 Å². The largest absolute Gasteiger partial charge is 0.351 e. The van der Waals surface area contributed by atoms with Crippen molar-refractivity contribution in [2.75, 3.05) is 18.1 Å².